The lowest BCUT2D eigenvalue weighted by Crippen LogP contribution is -2.70. The Morgan fingerprint density at radius 2 is 1.83 bits per heavy atom. The van der Waals surface area contributed by atoms with Crippen molar-refractivity contribution in [2.45, 2.75) is 23.6 Å². The first-order chi connectivity index (χ1) is 13.9. The van der Waals surface area contributed by atoms with Crippen molar-refractivity contribution in [3.8, 4) is 0 Å². The van der Waals surface area contributed by atoms with Crippen LogP contribution >= 0.6 is 23.1 Å². The minimum absolute atomic E-state index is 0.0437. The molecule has 1 saturated heterocycles. The van der Waals surface area contributed by atoms with E-state index in [-0.39, 0.29) is 17.4 Å². The van der Waals surface area contributed by atoms with Crippen molar-refractivity contribution in [1.82, 2.24) is 4.90 Å². The van der Waals surface area contributed by atoms with E-state index < -0.39 is 28.4 Å². The van der Waals surface area contributed by atoms with Crippen LogP contribution in [0.1, 0.15) is 17.3 Å². The van der Waals surface area contributed by atoms with Crippen LogP contribution in [0.5, 0.6) is 0 Å². The van der Waals surface area contributed by atoms with Gasteiger partial charge in [0.1, 0.15) is 16.7 Å². The Morgan fingerprint density at radius 1 is 1.10 bits per heavy atom. The fourth-order valence-corrected chi connectivity index (χ4v) is 5.64. The van der Waals surface area contributed by atoms with Gasteiger partial charge in [0, 0.05) is 24.3 Å². The van der Waals surface area contributed by atoms with Crippen LogP contribution in [0, 0.1) is 0 Å². The second kappa shape index (κ2) is 7.49. The third-order valence-electron chi connectivity index (χ3n) is 4.77. The average molecular weight is 428 g/mol. The maximum atomic E-state index is 12.9. The number of carbonyl (C=O) groups is 4. The summed E-state index contributed by atoms with van der Waals surface area (Å²) < 4.78 is 0. The van der Waals surface area contributed by atoms with E-state index in [1.807, 2.05) is 0 Å². The van der Waals surface area contributed by atoms with Gasteiger partial charge in [0.25, 0.3) is 5.91 Å². The molecule has 1 N–H and O–H groups in total. The summed E-state index contributed by atoms with van der Waals surface area (Å²) in [5.41, 5.74) is 0.403. The average Bonchev–Trinajstić information content (AvgIpc) is 3.24. The monoisotopic (exact) mass is 428 g/mol. The van der Waals surface area contributed by atoms with E-state index in [0.717, 1.165) is 11.8 Å². The lowest BCUT2D eigenvalue weighted by atomic mass is 9.98. The first-order valence-electron chi connectivity index (χ1n) is 8.75. The first-order valence-corrected chi connectivity index (χ1v) is 10.6. The Labute approximate surface area is 174 Å². The molecule has 0 bridgehead atoms. The molecule has 1 fully saturated rings. The standard InChI is InChI=1S/C20H16N2O5S2/c1-11(23)22(14-8-5-9-28-14)15-18(25)21-10-13(17(20(26)27)29-19(15)21)16(24)12-6-3-2-4-7-12/h2-10,15,17,19H,1H3,(H,26,27)/t15?,17?,19-/m1/s1. The SMILES string of the molecule is CC(=O)N(c1cccs1)C1C(=O)N2C=C(C(=O)c3ccccc3)C(C(=O)O)S[C@H]12. The van der Waals surface area contributed by atoms with E-state index in [1.165, 1.54) is 34.3 Å². The number of benzene rings is 1. The number of aliphatic carboxylic acids is 1. The summed E-state index contributed by atoms with van der Waals surface area (Å²) in [5, 5.41) is 10.5. The van der Waals surface area contributed by atoms with Gasteiger partial charge in [-0.25, -0.2) is 0 Å². The van der Waals surface area contributed by atoms with Crippen LogP contribution in [0.3, 0.4) is 0 Å². The summed E-state index contributed by atoms with van der Waals surface area (Å²) in [4.78, 5) is 52.6. The summed E-state index contributed by atoms with van der Waals surface area (Å²) in [7, 11) is 0. The van der Waals surface area contributed by atoms with Crippen molar-refractivity contribution >= 4 is 51.7 Å². The highest BCUT2D eigenvalue weighted by Crippen LogP contribution is 2.44. The largest absolute Gasteiger partial charge is 0.480 e. The van der Waals surface area contributed by atoms with Crippen molar-refractivity contribution in [1.29, 1.82) is 0 Å². The smallest absolute Gasteiger partial charge is 0.321 e. The highest BCUT2D eigenvalue weighted by atomic mass is 32.2. The molecule has 9 heteroatoms. The Balaban J connectivity index is 1.68. The second-order valence-electron chi connectivity index (χ2n) is 6.56. The molecule has 3 heterocycles. The molecule has 29 heavy (non-hydrogen) atoms. The maximum Gasteiger partial charge on any atom is 0.321 e. The molecule has 2 amide bonds. The van der Waals surface area contributed by atoms with Crippen LogP contribution in [0.2, 0.25) is 0 Å². The summed E-state index contributed by atoms with van der Waals surface area (Å²) in [6.45, 7) is 1.37. The van der Waals surface area contributed by atoms with Crippen LogP contribution in [0.25, 0.3) is 0 Å². The fraction of sp³-hybridized carbons (Fsp3) is 0.200. The van der Waals surface area contributed by atoms with Gasteiger partial charge in [-0.05, 0) is 17.5 Å². The number of carboxylic acids is 1. The van der Waals surface area contributed by atoms with E-state index in [2.05, 4.69) is 0 Å². The number of ketones is 1. The van der Waals surface area contributed by atoms with Gasteiger partial charge < -0.3 is 10.0 Å². The quantitative estimate of drug-likeness (QED) is 0.581. The van der Waals surface area contributed by atoms with E-state index >= 15 is 0 Å². The van der Waals surface area contributed by atoms with Gasteiger partial charge in [0.2, 0.25) is 5.91 Å². The number of nitrogens with zero attached hydrogens (tertiary/aromatic N) is 2. The van der Waals surface area contributed by atoms with Crippen LogP contribution in [-0.4, -0.2) is 50.2 Å². The summed E-state index contributed by atoms with van der Waals surface area (Å²) in [6, 6.07) is 11.1. The summed E-state index contributed by atoms with van der Waals surface area (Å²) >= 11 is 2.33. The third kappa shape index (κ3) is 3.26. The number of fused-ring (bicyclic) bond motifs is 1. The van der Waals surface area contributed by atoms with Crippen LogP contribution in [-0.2, 0) is 14.4 Å². The van der Waals surface area contributed by atoms with Crippen molar-refractivity contribution in [2.24, 2.45) is 0 Å². The van der Waals surface area contributed by atoms with Gasteiger partial charge in [0.15, 0.2) is 5.78 Å². The summed E-state index contributed by atoms with van der Waals surface area (Å²) in [6.07, 6.45) is 1.33. The highest BCUT2D eigenvalue weighted by molar-refractivity contribution is 8.01. The molecule has 2 aliphatic heterocycles. The minimum atomic E-state index is -1.16. The molecule has 2 aromatic rings. The van der Waals surface area contributed by atoms with Crippen LogP contribution in [0.4, 0.5) is 5.00 Å². The second-order valence-corrected chi connectivity index (χ2v) is 8.71. The molecule has 4 rings (SSSR count). The van der Waals surface area contributed by atoms with Gasteiger partial charge in [-0.3, -0.25) is 24.1 Å². The maximum absolute atomic E-state index is 12.9. The molecular weight excluding hydrogens is 412 g/mol. The topological polar surface area (TPSA) is 95.0 Å². The van der Waals surface area contributed by atoms with Crippen LogP contribution in [0.15, 0.2) is 59.6 Å². The number of hydrogen-bond donors (Lipinski definition) is 1. The van der Waals surface area contributed by atoms with Gasteiger partial charge >= 0.3 is 5.97 Å². The number of carboxylic acid groups (broad SMARTS) is 1. The number of amides is 2. The van der Waals surface area contributed by atoms with Gasteiger partial charge in [-0.1, -0.05) is 30.3 Å². The van der Waals surface area contributed by atoms with Gasteiger partial charge in [-0.2, -0.15) is 0 Å². The number of hydrogen-bond acceptors (Lipinski definition) is 6. The Hall–Kier alpha value is -2.91. The fourth-order valence-electron chi connectivity index (χ4n) is 3.44. The lowest BCUT2D eigenvalue weighted by Gasteiger charge is -2.51. The number of thiophene rings is 1. The predicted molar refractivity (Wildman–Crippen MR) is 110 cm³/mol. The van der Waals surface area contributed by atoms with E-state index in [9.17, 15) is 24.3 Å². The highest BCUT2D eigenvalue weighted by Gasteiger charge is 2.56. The van der Waals surface area contributed by atoms with E-state index in [0.29, 0.717) is 10.6 Å². The molecule has 1 aromatic heterocycles. The number of rotatable bonds is 5. The van der Waals surface area contributed by atoms with E-state index in [4.69, 9.17) is 0 Å². The molecule has 0 spiro atoms. The molecule has 0 aliphatic carbocycles. The number of Topliss-reactive ketones (excluding diaryl/α,β-unsaturated/α-hetero) is 1. The molecule has 0 radical (unpaired) electrons. The number of thioether (sulfide) groups is 1. The van der Waals surface area contributed by atoms with Crippen molar-refractivity contribution in [2.75, 3.05) is 4.90 Å². The van der Waals surface area contributed by atoms with E-state index in [1.54, 1.807) is 47.8 Å². The van der Waals surface area contributed by atoms with Gasteiger partial charge in [-0.15, -0.1) is 23.1 Å². The first kappa shape index (κ1) is 19.4. The molecule has 7 nitrogen and oxygen atoms in total. The number of carbonyl (C=O) groups excluding carboxylic acids is 3. The number of anilines is 1. The Bertz CT molecular complexity index is 1020. The number of β-lactam (4-membered cyclic amide) rings is 1. The molecule has 0 saturated carbocycles. The predicted octanol–water partition coefficient (Wildman–Crippen LogP) is 2.60. The molecule has 3 atom stereocenters. The zero-order valence-electron chi connectivity index (χ0n) is 15.2. The lowest BCUT2D eigenvalue weighted by molar-refractivity contribution is -0.143. The minimum Gasteiger partial charge on any atom is -0.480 e. The zero-order valence-corrected chi connectivity index (χ0v) is 16.9. The normalized spacial score (nSPS) is 22.9. The molecule has 1 aromatic carbocycles. The van der Waals surface area contributed by atoms with Crippen molar-refractivity contribution < 1.29 is 24.3 Å². The molecular formula is C20H16N2O5S2. The van der Waals surface area contributed by atoms with Crippen molar-refractivity contribution in [3.63, 3.8) is 0 Å². The van der Waals surface area contributed by atoms with Crippen LogP contribution < -0.4 is 4.90 Å². The molecule has 2 aliphatic rings. The summed E-state index contributed by atoms with van der Waals surface area (Å²) in [5.74, 6) is -2.22. The molecule has 2 unspecified atom stereocenters. The Morgan fingerprint density at radius 3 is 2.41 bits per heavy atom. The van der Waals surface area contributed by atoms with Gasteiger partial charge in [0.05, 0.1) is 5.00 Å². The van der Waals surface area contributed by atoms with Crippen molar-refractivity contribution in [3.05, 3.63) is 65.2 Å². The Kier molecular flexibility index (Phi) is 5.01. The molecule has 148 valence electrons. The third-order valence-corrected chi connectivity index (χ3v) is 7.13. The zero-order chi connectivity index (χ0) is 20.7.